The van der Waals surface area contributed by atoms with E-state index in [1.165, 1.54) is 0 Å². The molecule has 120 valence electrons. The minimum atomic E-state index is -0.290. The second-order valence-corrected chi connectivity index (χ2v) is 5.80. The molecule has 0 saturated carbocycles. The van der Waals surface area contributed by atoms with Crippen LogP contribution < -0.4 is 0 Å². The van der Waals surface area contributed by atoms with E-state index in [1.807, 2.05) is 27.7 Å². The molecule has 1 aromatic rings. The number of rotatable bonds is 3. The Balaban J connectivity index is 2.33. The zero-order valence-corrected chi connectivity index (χ0v) is 13.8. The van der Waals surface area contributed by atoms with Crippen molar-refractivity contribution >= 4 is 11.9 Å². The molecule has 1 atom stereocenters. The van der Waals surface area contributed by atoms with Gasteiger partial charge in [0, 0.05) is 23.6 Å². The van der Waals surface area contributed by atoms with E-state index >= 15 is 0 Å². The summed E-state index contributed by atoms with van der Waals surface area (Å²) in [6, 6.07) is 0.104. The van der Waals surface area contributed by atoms with Crippen molar-refractivity contribution in [3.63, 3.8) is 0 Å². The van der Waals surface area contributed by atoms with Gasteiger partial charge in [-0.25, -0.2) is 4.79 Å². The minimum absolute atomic E-state index is 0.104. The molecule has 1 unspecified atom stereocenters. The number of carbonyl (C=O) groups excluding carboxylic acids is 1. The van der Waals surface area contributed by atoms with E-state index in [4.69, 9.17) is 4.74 Å². The van der Waals surface area contributed by atoms with E-state index in [1.54, 1.807) is 11.8 Å². The lowest BCUT2D eigenvalue weighted by molar-refractivity contribution is 0.0987. The molecule has 0 bridgehead atoms. The fourth-order valence-electron chi connectivity index (χ4n) is 2.45. The van der Waals surface area contributed by atoms with Crippen LogP contribution in [0.4, 0.5) is 10.6 Å². The number of fused-ring (bicyclic) bond motifs is 1. The van der Waals surface area contributed by atoms with Crippen molar-refractivity contribution in [2.75, 3.05) is 13.2 Å². The van der Waals surface area contributed by atoms with Gasteiger partial charge in [-0.1, -0.05) is 6.92 Å². The average Bonchev–Trinajstić information content (AvgIpc) is 2.47. The van der Waals surface area contributed by atoms with Crippen LogP contribution in [0.1, 0.15) is 50.4 Å². The van der Waals surface area contributed by atoms with Crippen LogP contribution in [0.25, 0.3) is 0 Å². The van der Waals surface area contributed by atoms with Crippen LogP contribution in [0.5, 0.6) is 0 Å². The number of hydrogen-bond donors (Lipinski definition) is 0. The van der Waals surface area contributed by atoms with E-state index < -0.39 is 0 Å². The summed E-state index contributed by atoms with van der Waals surface area (Å²) in [7, 11) is 0. The largest absolute Gasteiger partial charge is 0.450 e. The Morgan fingerprint density at radius 3 is 2.82 bits per heavy atom. The van der Waals surface area contributed by atoms with E-state index in [-0.39, 0.29) is 18.1 Å². The predicted molar refractivity (Wildman–Crippen MR) is 82.3 cm³/mol. The van der Waals surface area contributed by atoms with Gasteiger partial charge in [-0.05, 0) is 27.7 Å². The molecular weight excluding hydrogens is 282 g/mol. The van der Waals surface area contributed by atoms with Crippen LogP contribution >= 0.6 is 0 Å². The molecule has 2 rings (SSSR count). The van der Waals surface area contributed by atoms with E-state index in [9.17, 15) is 4.79 Å². The molecule has 1 aromatic heterocycles. The Labute approximate surface area is 130 Å². The van der Waals surface area contributed by atoms with E-state index in [0.29, 0.717) is 25.5 Å². The quantitative estimate of drug-likeness (QED) is 0.802. The molecule has 1 amide bonds. The van der Waals surface area contributed by atoms with Crippen LogP contribution in [0, 0.1) is 6.92 Å². The molecule has 7 nitrogen and oxygen atoms in total. The molecule has 0 spiro atoms. The van der Waals surface area contributed by atoms with Crippen LogP contribution in [0.15, 0.2) is 10.2 Å². The summed E-state index contributed by atoms with van der Waals surface area (Å²) >= 11 is 0. The second kappa shape index (κ2) is 6.81. The van der Waals surface area contributed by atoms with Gasteiger partial charge in [-0.2, -0.15) is 10.2 Å². The lowest BCUT2D eigenvalue weighted by atomic mass is 9.94. The molecule has 22 heavy (non-hydrogen) atoms. The minimum Gasteiger partial charge on any atom is -0.450 e. The topological polar surface area (TPSA) is 80.0 Å². The van der Waals surface area contributed by atoms with Crippen molar-refractivity contribution < 1.29 is 9.53 Å². The number of ether oxygens (including phenoxy) is 1. The number of nitrogens with zero attached hydrogens (tertiary/aromatic N) is 5. The van der Waals surface area contributed by atoms with Gasteiger partial charge in [-0.15, -0.1) is 10.2 Å². The third-order valence-corrected chi connectivity index (χ3v) is 3.57. The van der Waals surface area contributed by atoms with Gasteiger partial charge in [0.1, 0.15) is 0 Å². The average molecular weight is 305 g/mol. The third-order valence-electron chi connectivity index (χ3n) is 3.57. The maximum atomic E-state index is 12.0. The number of carbonyl (C=O) groups is 1. The second-order valence-electron chi connectivity index (χ2n) is 5.80. The van der Waals surface area contributed by atoms with E-state index in [2.05, 4.69) is 20.4 Å². The SMILES string of the molecule is CCOC(=O)N1Cc2c(nnc(N=NC(C)C)c2C)C(C)C1. The first-order valence-electron chi connectivity index (χ1n) is 7.62. The summed E-state index contributed by atoms with van der Waals surface area (Å²) < 4.78 is 5.10. The normalized spacial score (nSPS) is 17.9. The number of hydrogen-bond acceptors (Lipinski definition) is 6. The number of amides is 1. The van der Waals surface area contributed by atoms with Gasteiger partial charge in [0.05, 0.1) is 24.9 Å². The first-order chi connectivity index (χ1) is 10.4. The maximum absolute atomic E-state index is 12.0. The first-order valence-corrected chi connectivity index (χ1v) is 7.62. The Hall–Kier alpha value is -2.05. The summed E-state index contributed by atoms with van der Waals surface area (Å²) in [6.45, 7) is 11.1. The van der Waals surface area contributed by atoms with Gasteiger partial charge in [0.15, 0.2) is 5.82 Å². The zero-order valence-electron chi connectivity index (χ0n) is 13.8. The molecule has 2 heterocycles. The van der Waals surface area contributed by atoms with Crippen molar-refractivity contribution in [3.8, 4) is 0 Å². The number of azo groups is 1. The molecule has 0 radical (unpaired) electrons. The van der Waals surface area contributed by atoms with E-state index in [0.717, 1.165) is 16.8 Å². The van der Waals surface area contributed by atoms with Gasteiger partial charge in [0.2, 0.25) is 0 Å². The molecule has 0 N–H and O–H groups in total. The van der Waals surface area contributed by atoms with Gasteiger partial charge in [0.25, 0.3) is 0 Å². The first kappa shape index (κ1) is 16.3. The standard InChI is InChI=1S/C15H23N5O2/c1-6-22-15(21)20-7-10(4)13-12(8-20)11(5)14(19-17-13)18-16-9(2)3/h9-10H,6-8H2,1-5H3. The number of aromatic nitrogens is 2. The molecule has 0 saturated heterocycles. The molecule has 0 aromatic carbocycles. The molecule has 1 aliphatic heterocycles. The summed E-state index contributed by atoms with van der Waals surface area (Å²) in [5.41, 5.74) is 2.86. The van der Waals surface area contributed by atoms with Gasteiger partial charge >= 0.3 is 6.09 Å². The fourth-order valence-corrected chi connectivity index (χ4v) is 2.45. The highest BCUT2D eigenvalue weighted by Crippen LogP contribution is 2.31. The highest BCUT2D eigenvalue weighted by molar-refractivity contribution is 5.68. The lowest BCUT2D eigenvalue weighted by Crippen LogP contribution is -2.38. The smallest absolute Gasteiger partial charge is 0.410 e. The van der Waals surface area contributed by atoms with Gasteiger partial charge < -0.3 is 9.64 Å². The maximum Gasteiger partial charge on any atom is 0.410 e. The fraction of sp³-hybridized carbons (Fsp3) is 0.667. The summed E-state index contributed by atoms with van der Waals surface area (Å²) in [5.74, 6) is 0.640. The Morgan fingerprint density at radius 1 is 1.45 bits per heavy atom. The van der Waals surface area contributed by atoms with Crippen molar-refractivity contribution in [2.45, 2.75) is 53.1 Å². The zero-order chi connectivity index (χ0) is 16.3. The summed E-state index contributed by atoms with van der Waals surface area (Å²) in [4.78, 5) is 13.7. The Bertz CT molecular complexity index is 586. The third kappa shape index (κ3) is 3.40. The molecular formula is C15H23N5O2. The van der Waals surface area contributed by atoms with Gasteiger partial charge in [-0.3, -0.25) is 0 Å². The lowest BCUT2D eigenvalue weighted by Gasteiger charge is -2.32. The van der Waals surface area contributed by atoms with Crippen LogP contribution in [-0.2, 0) is 11.3 Å². The highest BCUT2D eigenvalue weighted by atomic mass is 16.6. The molecule has 7 heteroatoms. The van der Waals surface area contributed by atoms with Crippen molar-refractivity contribution in [2.24, 2.45) is 10.2 Å². The van der Waals surface area contributed by atoms with Crippen LogP contribution in [0.2, 0.25) is 0 Å². The summed E-state index contributed by atoms with van der Waals surface area (Å²) in [5, 5.41) is 16.8. The molecule has 0 fully saturated rings. The van der Waals surface area contributed by atoms with Crippen LogP contribution in [0.3, 0.4) is 0 Å². The summed E-state index contributed by atoms with van der Waals surface area (Å²) in [6.07, 6.45) is -0.290. The Kier molecular flexibility index (Phi) is 5.05. The Morgan fingerprint density at radius 2 is 2.18 bits per heavy atom. The van der Waals surface area contributed by atoms with Crippen LogP contribution in [-0.4, -0.2) is 40.4 Å². The van der Waals surface area contributed by atoms with Crippen molar-refractivity contribution in [1.82, 2.24) is 15.1 Å². The molecule has 1 aliphatic rings. The predicted octanol–water partition coefficient (Wildman–Crippen LogP) is 3.35. The monoisotopic (exact) mass is 305 g/mol. The highest BCUT2D eigenvalue weighted by Gasteiger charge is 2.30. The molecule has 0 aliphatic carbocycles. The van der Waals surface area contributed by atoms with Crippen molar-refractivity contribution in [3.05, 3.63) is 16.8 Å². The van der Waals surface area contributed by atoms with Crippen molar-refractivity contribution in [1.29, 1.82) is 0 Å².